The van der Waals surface area contributed by atoms with Gasteiger partial charge in [0.05, 0.1) is 6.61 Å². The van der Waals surface area contributed by atoms with Gasteiger partial charge in [0.25, 0.3) is 0 Å². The number of ketones is 1. The SMILES string of the molecule is CCCOCCN1CCCc2cc(C(C)=O)ccc21. The first-order valence-corrected chi connectivity index (χ1v) is 7.19. The van der Waals surface area contributed by atoms with Gasteiger partial charge in [-0.2, -0.15) is 0 Å². The molecule has 0 aromatic heterocycles. The average molecular weight is 261 g/mol. The maximum atomic E-state index is 11.4. The van der Waals surface area contributed by atoms with Crippen molar-refractivity contribution in [1.29, 1.82) is 0 Å². The molecule has 0 spiro atoms. The molecule has 19 heavy (non-hydrogen) atoms. The third-order valence-electron chi connectivity index (χ3n) is 3.55. The van der Waals surface area contributed by atoms with E-state index in [1.807, 2.05) is 6.07 Å². The molecule has 0 N–H and O–H groups in total. The second-order valence-corrected chi connectivity index (χ2v) is 5.10. The van der Waals surface area contributed by atoms with Gasteiger partial charge in [-0.25, -0.2) is 0 Å². The highest BCUT2D eigenvalue weighted by molar-refractivity contribution is 5.94. The van der Waals surface area contributed by atoms with Crippen molar-refractivity contribution in [3.05, 3.63) is 29.3 Å². The number of anilines is 1. The van der Waals surface area contributed by atoms with Crippen LogP contribution in [0.15, 0.2) is 18.2 Å². The van der Waals surface area contributed by atoms with Crippen LogP contribution in [0, 0.1) is 0 Å². The zero-order valence-corrected chi connectivity index (χ0v) is 11.9. The number of Topliss-reactive ketones (excluding diaryl/α,β-unsaturated/α-hetero) is 1. The Balaban J connectivity index is 2.04. The molecule has 1 aliphatic heterocycles. The number of aryl methyl sites for hydroxylation is 1. The van der Waals surface area contributed by atoms with Gasteiger partial charge in [-0.3, -0.25) is 4.79 Å². The second-order valence-electron chi connectivity index (χ2n) is 5.10. The van der Waals surface area contributed by atoms with Crippen LogP contribution in [0.3, 0.4) is 0 Å². The van der Waals surface area contributed by atoms with Gasteiger partial charge in [-0.15, -0.1) is 0 Å². The molecule has 1 aromatic rings. The van der Waals surface area contributed by atoms with E-state index < -0.39 is 0 Å². The minimum atomic E-state index is 0.145. The van der Waals surface area contributed by atoms with Crippen molar-refractivity contribution < 1.29 is 9.53 Å². The van der Waals surface area contributed by atoms with E-state index in [2.05, 4.69) is 24.0 Å². The van der Waals surface area contributed by atoms with E-state index >= 15 is 0 Å². The van der Waals surface area contributed by atoms with Crippen LogP contribution < -0.4 is 4.90 Å². The van der Waals surface area contributed by atoms with Gasteiger partial charge in [-0.05, 0) is 49.9 Å². The number of hydrogen-bond acceptors (Lipinski definition) is 3. The lowest BCUT2D eigenvalue weighted by Gasteiger charge is -2.31. The highest BCUT2D eigenvalue weighted by atomic mass is 16.5. The molecule has 1 heterocycles. The summed E-state index contributed by atoms with van der Waals surface area (Å²) >= 11 is 0. The highest BCUT2D eigenvalue weighted by Gasteiger charge is 2.17. The largest absolute Gasteiger partial charge is 0.380 e. The predicted octanol–water partition coefficient (Wildman–Crippen LogP) is 3.07. The van der Waals surface area contributed by atoms with E-state index in [0.717, 1.165) is 51.1 Å². The Hall–Kier alpha value is -1.35. The highest BCUT2D eigenvalue weighted by Crippen LogP contribution is 2.27. The first-order chi connectivity index (χ1) is 9.22. The Morgan fingerprint density at radius 1 is 1.37 bits per heavy atom. The number of hydrogen-bond donors (Lipinski definition) is 0. The van der Waals surface area contributed by atoms with E-state index in [0.29, 0.717) is 0 Å². The minimum absolute atomic E-state index is 0.145. The molecule has 3 nitrogen and oxygen atoms in total. The molecule has 1 aromatic carbocycles. The van der Waals surface area contributed by atoms with E-state index in [9.17, 15) is 4.79 Å². The molecule has 104 valence electrons. The zero-order valence-electron chi connectivity index (χ0n) is 11.9. The van der Waals surface area contributed by atoms with Gasteiger partial charge in [-0.1, -0.05) is 6.92 Å². The Kier molecular flexibility index (Phi) is 4.97. The summed E-state index contributed by atoms with van der Waals surface area (Å²) in [6, 6.07) is 6.08. The van der Waals surface area contributed by atoms with E-state index in [1.165, 1.54) is 11.3 Å². The van der Waals surface area contributed by atoms with Crippen LogP contribution in [0.5, 0.6) is 0 Å². The maximum Gasteiger partial charge on any atom is 0.159 e. The summed E-state index contributed by atoms with van der Waals surface area (Å²) < 4.78 is 5.57. The minimum Gasteiger partial charge on any atom is -0.380 e. The van der Waals surface area contributed by atoms with Crippen molar-refractivity contribution in [3.8, 4) is 0 Å². The third kappa shape index (κ3) is 3.57. The molecule has 2 rings (SSSR count). The molecule has 3 heteroatoms. The summed E-state index contributed by atoms with van der Waals surface area (Å²) in [5.41, 5.74) is 3.40. The van der Waals surface area contributed by atoms with Gasteiger partial charge in [0, 0.05) is 30.9 Å². The maximum absolute atomic E-state index is 11.4. The molecular formula is C16H23NO2. The lowest BCUT2D eigenvalue weighted by molar-refractivity contribution is 0.101. The van der Waals surface area contributed by atoms with E-state index in [1.54, 1.807) is 6.92 Å². The molecule has 0 fully saturated rings. The van der Waals surface area contributed by atoms with Crippen molar-refractivity contribution in [1.82, 2.24) is 0 Å². The van der Waals surface area contributed by atoms with Gasteiger partial charge < -0.3 is 9.64 Å². The molecule has 0 saturated heterocycles. The van der Waals surface area contributed by atoms with Gasteiger partial charge in [0.2, 0.25) is 0 Å². The summed E-state index contributed by atoms with van der Waals surface area (Å²) in [6.07, 6.45) is 3.30. The molecule has 0 amide bonds. The topological polar surface area (TPSA) is 29.5 Å². The molecule has 0 unspecified atom stereocenters. The van der Waals surface area contributed by atoms with Gasteiger partial charge >= 0.3 is 0 Å². The molecular weight excluding hydrogens is 238 g/mol. The third-order valence-corrected chi connectivity index (χ3v) is 3.55. The standard InChI is InChI=1S/C16H23NO2/c1-3-10-19-11-9-17-8-4-5-15-12-14(13(2)18)6-7-16(15)17/h6-7,12H,3-5,8-11H2,1-2H3. The summed E-state index contributed by atoms with van der Waals surface area (Å²) in [6.45, 7) is 7.39. The fraction of sp³-hybridized carbons (Fsp3) is 0.562. The van der Waals surface area contributed by atoms with Crippen LogP contribution in [-0.4, -0.2) is 32.1 Å². The Bertz CT molecular complexity index is 442. The molecule has 0 atom stereocenters. The van der Waals surface area contributed by atoms with E-state index in [4.69, 9.17) is 4.74 Å². The molecule has 0 radical (unpaired) electrons. The fourth-order valence-electron chi connectivity index (χ4n) is 2.55. The molecule has 1 aliphatic rings. The quantitative estimate of drug-likeness (QED) is 0.582. The summed E-state index contributed by atoms with van der Waals surface area (Å²) in [5, 5.41) is 0. The summed E-state index contributed by atoms with van der Waals surface area (Å²) in [7, 11) is 0. The van der Waals surface area contributed by atoms with Crippen LogP contribution in [0.4, 0.5) is 5.69 Å². The number of benzene rings is 1. The smallest absolute Gasteiger partial charge is 0.159 e. The van der Waals surface area contributed by atoms with Gasteiger partial charge in [0.1, 0.15) is 0 Å². The molecule has 0 bridgehead atoms. The number of nitrogens with zero attached hydrogens (tertiary/aromatic N) is 1. The first kappa shape index (κ1) is 14.1. The average Bonchev–Trinajstić information content (AvgIpc) is 2.43. The second kappa shape index (κ2) is 6.71. The van der Waals surface area contributed by atoms with Crippen LogP contribution >= 0.6 is 0 Å². The molecule has 0 saturated carbocycles. The summed E-state index contributed by atoms with van der Waals surface area (Å²) in [5.74, 6) is 0.145. The number of carbonyl (C=O) groups excluding carboxylic acids is 1. The summed E-state index contributed by atoms with van der Waals surface area (Å²) in [4.78, 5) is 13.8. The van der Waals surface area contributed by atoms with Crippen molar-refractivity contribution in [3.63, 3.8) is 0 Å². The lowest BCUT2D eigenvalue weighted by Crippen LogP contribution is -2.32. The van der Waals surface area contributed by atoms with Crippen molar-refractivity contribution in [2.75, 3.05) is 31.2 Å². The fourth-order valence-corrected chi connectivity index (χ4v) is 2.55. The van der Waals surface area contributed by atoms with Crippen LogP contribution in [0.1, 0.15) is 42.6 Å². The van der Waals surface area contributed by atoms with Crippen molar-refractivity contribution in [2.24, 2.45) is 0 Å². The number of fused-ring (bicyclic) bond motifs is 1. The van der Waals surface area contributed by atoms with Crippen LogP contribution in [-0.2, 0) is 11.2 Å². The predicted molar refractivity (Wildman–Crippen MR) is 78.1 cm³/mol. The number of rotatable bonds is 6. The zero-order chi connectivity index (χ0) is 13.7. The lowest BCUT2D eigenvalue weighted by atomic mass is 9.98. The van der Waals surface area contributed by atoms with Crippen molar-refractivity contribution in [2.45, 2.75) is 33.1 Å². The number of carbonyl (C=O) groups is 1. The number of ether oxygens (including phenoxy) is 1. The van der Waals surface area contributed by atoms with E-state index in [-0.39, 0.29) is 5.78 Å². The van der Waals surface area contributed by atoms with Crippen LogP contribution in [0.25, 0.3) is 0 Å². The van der Waals surface area contributed by atoms with Crippen molar-refractivity contribution >= 4 is 11.5 Å². The first-order valence-electron chi connectivity index (χ1n) is 7.19. The normalized spacial score (nSPS) is 14.3. The molecule has 0 aliphatic carbocycles. The van der Waals surface area contributed by atoms with Crippen LogP contribution in [0.2, 0.25) is 0 Å². The van der Waals surface area contributed by atoms with Gasteiger partial charge in [0.15, 0.2) is 5.78 Å². The Morgan fingerprint density at radius 2 is 2.21 bits per heavy atom. The monoisotopic (exact) mass is 261 g/mol. The Morgan fingerprint density at radius 3 is 2.95 bits per heavy atom. The Labute approximate surface area is 115 Å².